The summed E-state index contributed by atoms with van der Waals surface area (Å²) in [6, 6.07) is 30.2. The minimum absolute atomic E-state index is 0.0807. The van der Waals surface area contributed by atoms with Gasteiger partial charge >= 0.3 is 0 Å². The van der Waals surface area contributed by atoms with Gasteiger partial charge in [-0.1, -0.05) is 78.9 Å². The third-order valence-electron chi connectivity index (χ3n) is 4.81. The maximum absolute atomic E-state index is 13.2. The van der Waals surface area contributed by atoms with Crippen LogP contribution in [0.2, 0.25) is 0 Å². The van der Waals surface area contributed by atoms with Crippen LogP contribution in [0.5, 0.6) is 0 Å². The highest BCUT2D eigenvalue weighted by molar-refractivity contribution is 5.93. The third kappa shape index (κ3) is 4.52. The van der Waals surface area contributed by atoms with Crippen molar-refractivity contribution in [2.45, 2.75) is 13.1 Å². The van der Waals surface area contributed by atoms with Gasteiger partial charge in [0.15, 0.2) is 0 Å². The number of para-hydroxylation sites is 1. The van der Waals surface area contributed by atoms with Gasteiger partial charge in [0.2, 0.25) is 5.91 Å². The van der Waals surface area contributed by atoms with Crippen molar-refractivity contribution in [2.24, 2.45) is 0 Å². The number of aromatic nitrogens is 2. The minimum Gasteiger partial charge on any atom is -0.306 e. The van der Waals surface area contributed by atoms with E-state index in [0.29, 0.717) is 12.2 Å². The van der Waals surface area contributed by atoms with E-state index in [4.69, 9.17) is 0 Å². The zero-order chi connectivity index (χ0) is 20.8. The van der Waals surface area contributed by atoms with Crippen LogP contribution in [-0.2, 0) is 17.9 Å². The Morgan fingerprint density at radius 3 is 2.07 bits per heavy atom. The summed E-state index contributed by atoms with van der Waals surface area (Å²) in [6.07, 6.45) is 1.44. The Kier molecular flexibility index (Phi) is 5.80. The van der Waals surface area contributed by atoms with Crippen molar-refractivity contribution in [3.05, 3.63) is 119 Å². The Balaban J connectivity index is 1.59. The molecule has 0 spiro atoms. The Morgan fingerprint density at radius 1 is 0.833 bits per heavy atom. The fourth-order valence-electron chi connectivity index (χ4n) is 3.24. The molecule has 4 rings (SSSR count). The second-order valence-electron chi connectivity index (χ2n) is 6.91. The molecule has 148 valence electrons. The molecule has 4 aromatic rings. The molecule has 5 nitrogen and oxygen atoms in total. The molecule has 0 saturated heterocycles. The van der Waals surface area contributed by atoms with Gasteiger partial charge in [0.05, 0.1) is 18.6 Å². The van der Waals surface area contributed by atoms with Crippen molar-refractivity contribution in [2.75, 3.05) is 4.90 Å². The van der Waals surface area contributed by atoms with Crippen molar-refractivity contribution in [3.63, 3.8) is 0 Å². The summed E-state index contributed by atoms with van der Waals surface area (Å²) in [5.41, 5.74) is 2.99. The first-order valence-corrected chi connectivity index (χ1v) is 9.72. The second kappa shape index (κ2) is 9.01. The first-order chi connectivity index (χ1) is 14.7. The van der Waals surface area contributed by atoms with E-state index in [9.17, 15) is 9.59 Å². The maximum Gasteiger partial charge on any atom is 0.254 e. The van der Waals surface area contributed by atoms with E-state index in [1.807, 2.05) is 91.0 Å². The number of rotatable bonds is 6. The molecule has 0 unspecified atom stereocenters. The van der Waals surface area contributed by atoms with E-state index < -0.39 is 0 Å². The van der Waals surface area contributed by atoms with Crippen LogP contribution in [0.4, 0.5) is 5.69 Å². The lowest BCUT2D eigenvalue weighted by Gasteiger charge is -2.23. The molecule has 0 bridgehead atoms. The van der Waals surface area contributed by atoms with Crippen LogP contribution in [0.1, 0.15) is 5.56 Å². The normalized spacial score (nSPS) is 10.5. The molecular formula is C25H21N3O2. The van der Waals surface area contributed by atoms with Gasteiger partial charge in [0.25, 0.3) is 5.56 Å². The van der Waals surface area contributed by atoms with Crippen LogP contribution in [0, 0.1) is 0 Å². The van der Waals surface area contributed by atoms with Crippen LogP contribution >= 0.6 is 0 Å². The quantitative estimate of drug-likeness (QED) is 0.493. The number of amides is 1. The van der Waals surface area contributed by atoms with Crippen molar-refractivity contribution < 1.29 is 4.79 Å². The largest absolute Gasteiger partial charge is 0.306 e. The summed E-state index contributed by atoms with van der Waals surface area (Å²) in [6.45, 7) is 0.344. The van der Waals surface area contributed by atoms with Crippen LogP contribution in [0.15, 0.2) is 108 Å². The first kappa shape index (κ1) is 19.3. The Bertz CT molecular complexity index is 1170. The second-order valence-corrected chi connectivity index (χ2v) is 6.91. The van der Waals surface area contributed by atoms with E-state index in [1.54, 1.807) is 4.90 Å². The monoisotopic (exact) mass is 395 g/mol. The van der Waals surface area contributed by atoms with Gasteiger partial charge in [-0.2, -0.15) is 0 Å². The molecule has 0 aliphatic heterocycles. The van der Waals surface area contributed by atoms with Crippen molar-refractivity contribution >= 4 is 11.6 Å². The third-order valence-corrected chi connectivity index (χ3v) is 4.81. The number of benzene rings is 3. The van der Waals surface area contributed by atoms with Gasteiger partial charge in [0.1, 0.15) is 6.54 Å². The smallest absolute Gasteiger partial charge is 0.254 e. The number of hydrogen-bond donors (Lipinski definition) is 0. The van der Waals surface area contributed by atoms with Crippen LogP contribution in [-0.4, -0.2) is 15.5 Å². The summed E-state index contributed by atoms with van der Waals surface area (Å²) in [4.78, 5) is 31.8. The fraction of sp³-hybridized carbons (Fsp3) is 0.0800. The molecule has 1 aromatic heterocycles. The molecule has 0 saturated carbocycles. The predicted octanol–water partition coefficient (Wildman–Crippen LogP) is 4.14. The average Bonchev–Trinajstić information content (AvgIpc) is 2.80. The lowest BCUT2D eigenvalue weighted by molar-refractivity contribution is -0.119. The fourth-order valence-corrected chi connectivity index (χ4v) is 3.24. The SMILES string of the molecule is O=C(Cn1cnc(-c2ccccc2)cc1=O)N(Cc1ccccc1)c1ccccc1. The summed E-state index contributed by atoms with van der Waals surface area (Å²) in [5.74, 6) is -0.179. The molecule has 3 aromatic carbocycles. The number of carbonyl (C=O) groups excluding carboxylic acids is 1. The Hall–Kier alpha value is -3.99. The van der Waals surface area contributed by atoms with Crippen molar-refractivity contribution in [3.8, 4) is 11.3 Å². The molecule has 5 heteroatoms. The molecule has 0 radical (unpaired) electrons. The van der Waals surface area contributed by atoms with E-state index in [1.165, 1.54) is 17.0 Å². The molecule has 1 heterocycles. The average molecular weight is 395 g/mol. The molecule has 1 amide bonds. The lowest BCUT2D eigenvalue weighted by Crippen LogP contribution is -2.36. The number of hydrogen-bond acceptors (Lipinski definition) is 3. The molecule has 0 aliphatic rings. The molecule has 30 heavy (non-hydrogen) atoms. The van der Waals surface area contributed by atoms with E-state index in [-0.39, 0.29) is 18.0 Å². The zero-order valence-corrected chi connectivity index (χ0v) is 16.4. The summed E-state index contributed by atoms with van der Waals surface area (Å²) in [7, 11) is 0. The highest BCUT2D eigenvalue weighted by Gasteiger charge is 2.17. The van der Waals surface area contributed by atoms with Gasteiger partial charge in [-0.15, -0.1) is 0 Å². The summed E-state index contributed by atoms with van der Waals surface area (Å²) < 4.78 is 1.34. The van der Waals surface area contributed by atoms with Crippen LogP contribution < -0.4 is 10.5 Å². The number of carbonyl (C=O) groups is 1. The highest BCUT2D eigenvalue weighted by atomic mass is 16.2. The van der Waals surface area contributed by atoms with E-state index in [0.717, 1.165) is 16.8 Å². The van der Waals surface area contributed by atoms with Crippen LogP contribution in [0.25, 0.3) is 11.3 Å². The highest BCUT2D eigenvalue weighted by Crippen LogP contribution is 2.18. The van der Waals surface area contributed by atoms with Crippen molar-refractivity contribution in [1.29, 1.82) is 0 Å². The van der Waals surface area contributed by atoms with Gasteiger partial charge in [0, 0.05) is 17.3 Å². The lowest BCUT2D eigenvalue weighted by atomic mass is 10.1. The Morgan fingerprint density at radius 2 is 1.43 bits per heavy atom. The van der Waals surface area contributed by atoms with Gasteiger partial charge in [-0.3, -0.25) is 14.2 Å². The Labute approximate surface area is 174 Å². The zero-order valence-electron chi connectivity index (χ0n) is 16.4. The molecule has 0 N–H and O–H groups in total. The number of anilines is 1. The molecular weight excluding hydrogens is 374 g/mol. The topological polar surface area (TPSA) is 55.2 Å². The maximum atomic E-state index is 13.2. The van der Waals surface area contributed by atoms with Gasteiger partial charge < -0.3 is 4.90 Å². The minimum atomic E-state index is -0.259. The van der Waals surface area contributed by atoms with Gasteiger partial charge in [-0.25, -0.2) is 4.98 Å². The standard InChI is InChI=1S/C25H21N3O2/c29-24-16-23(21-12-6-2-7-13-21)26-19-27(24)18-25(30)28(22-14-8-3-9-15-22)17-20-10-4-1-5-11-20/h1-16,19H,17-18H2. The van der Waals surface area contributed by atoms with E-state index in [2.05, 4.69) is 4.98 Å². The van der Waals surface area contributed by atoms with Crippen molar-refractivity contribution in [1.82, 2.24) is 9.55 Å². The van der Waals surface area contributed by atoms with E-state index >= 15 is 0 Å². The van der Waals surface area contributed by atoms with Crippen LogP contribution in [0.3, 0.4) is 0 Å². The number of nitrogens with zero attached hydrogens (tertiary/aromatic N) is 3. The first-order valence-electron chi connectivity index (χ1n) is 9.72. The van der Waals surface area contributed by atoms with Gasteiger partial charge in [-0.05, 0) is 17.7 Å². The molecule has 0 aliphatic carbocycles. The summed E-state index contributed by atoms with van der Waals surface area (Å²) in [5, 5.41) is 0. The summed E-state index contributed by atoms with van der Waals surface area (Å²) >= 11 is 0. The predicted molar refractivity (Wildman–Crippen MR) is 118 cm³/mol. The molecule has 0 fully saturated rings. The molecule has 0 atom stereocenters.